The lowest BCUT2D eigenvalue weighted by molar-refractivity contribution is -0.887. The van der Waals surface area contributed by atoms with E-state index in [1.54, 1.807) is 41.4 Å². The van der Waals surface area contributed by atoms with Crippen LogP contribution in [0.25, 0.3) is 0 Å². The number of likely N-dealkylation sites (tertiary alicyclic amines) is 1. The van der Waals surface area contributed by atoms with Crippen LogP contribution in [0.3, 0.4) is 0 Å². The van der Waals surface area contributed by atoms with Gasteiger partial charge in [-0.2, -0.15) is 0 Å². The molecule has 0 saturated carbocycles. The molecule has 6 nitrogen and oxygen atoms in total. The topological polar surface area (TPSA) is 63.4 Å². The van der Waals surface area contributed by atoms with Crippen molar-refractivity contribution in [3.05, 3.63) is 59.7 Å². The number of nitrogens with zero attached hydrogens (tertiary/aromatic N) is 2. The first-order valence-corrected chi connectivity index (χ1v) is 11.2. The Bertz CT molecular complexity index is 949. The molecule has 0 radical (unpaired) electrons. The number of amides is 2. The lowest BCUT2D eigenvalue weighted by Gasteiger charge is -2.31. The van der Waals surface area contributed by atoms with Crippen LogP contribution in [0, 0.1) is 0 Å². The summed E-state index contributed by atoms with van der Waals surface area (Å²) in [5.41, 5.74) is 1.83. The van der Waals surface area contributed by atoms with Gasteiger partial charge in [-0.05, 0) is 42.8 Å². The number of quaternary nitrogens is 1. The van der Waals surface area contributed by atoms with Crippen molar-refractivity contribution in [2.45, 2.75) is 32.1 Å². The molecule has 0 aliphatic carbocycles. The number of ether oxygens (including phenoxy) is 1. The van der Waals surface area contributed by atoms with Gasteiger partial charge in [0.15, 0.2) is 0 Å². The van der Waals surface area contributed by atoms with Gasteiger partial charge in [-0.1, -0.05) is 18.2 Å². The van der Waals surface area contributed by atoms with Crippen LogP contribution < -0.4 is 14.5 Å². The molecule has 1 fully saturated rings. The normalized spacial score (nSPS) is 19.3. The fourth-order valence-corrected chi connectivity index (χ4v) is 4.43. The molecule has 2 aliphatic heterocycles. The summed E-state index contributed by atoms with van der Waals surface area (Å²) in [5.74, 6) is -0.407. The number of fused-ring (bicyclic) bond motifs is 1. The summed E-state index contributed by atoms with van der Waals surface area (Å²) >= 11 is 0. The summed E-state index contributed by atoms with van der Waals surface area (Å²) in [4.78, 5) is 34.0. The summed E-state index contributed by atoms with van der Waals surface area (Å²) in [5, 5.41) is 0. The van der Waals surface area contributed by atoms with E-state index in [1.165, 1.54) is 30.8 Å². The van der Waals surface area contributed by atoms with Gasteiger partial charge in [0, 0.05) is 37.6 Å². The third-order valence-corrected chi connectivity index (χ3v) is 6.00. The van der Waals surface area contributed by atoms with Crippen LogP contribution in [0.15, 0.2) is 53.5 Å². The van der Waals surface area contributed by atoms with Crippen LogP contribution in [-0.4, -0.2) is 50.8 Å². The average molecular weight is 421 g/mol. The summed E-state index contributed by atoms with van der Waals surface area (Å²) in [7, 11) is 0. The molecule has 6 heteroatoms. The van der Waals surface area contributed by atoms with Gasteiger partial charge in [0.05, 0.1) is 37.8 Å². The van der Waals surface area contributed by atoms with E-state index < -0.39 is 5.92 Å². The molecule has 1 atom stereocenters. The Balaban J connectivity index is 1.52. The molecule has 162 valence electrons. The second-order valence-corrected chi connectivity index (χ2v) is 8.09. The molecule has 0 bridgehead atoms. The van der Waals surface area contributed by atoms with E-state index in [-0.39, 0.29) is 11.8 Å². The third-order valence-electron chi connectivity index (χ3n) is 6.00. The van der Waals surface area contributed by atoms with E-state index in [9.17, 15) is 9.59 Å². The quantitative estimate of drug-likeness (QED) is 0.405. The first-order valence-electron chi connectivity index (χ1n) is 11.2. The number of nitrogens with one attached hydrogen (secondary N) is 1. The van der Waals surface area contributed by atoms with Crippen LogP contribution in [0.2, 0.25) is 0 Å². The molecule has 2 aliphatic rings. The molecular weight excluding hydrogens is 390 g/mol. The molecular formula is C25H30N3O3+. The number of carbonyl (C=O) groups excluding carboxylic acids is 2. The maximum absolute atomic E-state index is 13.4. The maximum Gasteiger partial charge on any atom is 0.265 e. The molecule has 2 aromatic rings. The zero-order valence-electron chi connectivity index (χ0n) is 18.0. The summed E-state index contributed by atoms with van der Waals surface area (Å²) in [6, 6.07) is 14.4. The number of hydrogen-bond acceptors (Lipinski definition) is 4. The number of benzene rings is 2. The Morgan fingerprint density at radius 3 is 2.58 bits per heavy atom. The number of aliphatic imine (C=N–C) groups is 1. The predicted molar refractivity (Wildman–Crippen MR) is 121 cm³/mol. The zero-order valence-corrected chi connectivity index (χ0v) is 18.0. The Hall–Kier alpha value is -2.99. The lowest BCUT2D eigenvalue weighted by Crippen LogP contribution is -3.10. The maximum atomic E-state index is 13.4. The summed E-state index contributed by atoms with van der Waals surface area (Å²) in [6.45, 7) is 6.83. The van der Waals surface area contributed by atoms with E-state index >= 15 is 0 Å². The molecule has 2 amide bonds. The Morgan fingerprint density at radius 1 is 1.10 bits per heavy atom. The average Bonchev–Trinajstić information content (AvgIpc) is 3.31. The van der Waals surface area contributed by atoms with Crippen molar-refractivity contribution in [2.24, 2.45) is 4.99 Å². The fraction of sp³-hybridized carbons (Fsp3) is 0.400. The number of rotatable bonds is 8. The molecule has 1 N–H and O–H groups in total. The van der Waals surface area contributed by atoms with Gasteiger partial charge in [0.2, 0.25) is 5.91 Å². The van der Waals surface area contributed by atoms with Gasteiger partial charge in [-0.3, -0.25) is 14.6 Å². The first-order chi connectivity index (χ1) is 15.2. The molecule has 0 spiro atoms. The number of carbonyl (C=O) groups is 2. The molecule has 2 aromatic carbocycles. The molecule has 31 heavy (non-hydrogen) atoms. The van der Waals surface area contributed by atoms with Crippen molar-refractivity contribution >= 4 is 23.7 Å². The van der Waals surface area contributed by atoms with E-state index in [2.05, 4.69) is 4.99 Å². The number of hydrogen-bond donors (Lipinski definition) is 1. The highest BCUT2D eigenvalue weighted by atomic mass is 16.5. The molecule has 0 aromatic heterocycles. The van der Waals surface area contributed by atoms with E-state index in [0.717, 1.165) is 18.5 Å². The van der Waals surface area contributed by atoms with Crippen molar-refractivity contribution in [3.63, 3.8) is 0 Å². The van der Waals surface area contributed by atoms with Crippen LogP contribution in [0.4, 0.5) is 5.69 Å². The standard InChI is InChI=1S/C25H29N3O3/c1-2-31-20-12-10-19(11-13-20)28-24(29)22-9-4-3-8-21(22)23(25(28)30)18-26-14-7-17-27-15-5-6-16-27/h3-4,8-13,18,23H,2,5-7,14-17H2,1H3/p+1/t23-/m1/s1. The van der Waals surface area contributed by atoms with Crippen molar-refractivity contribution in [3.8, 4) is 5.75 Å². The SMILES string of the molecule is CCOc1ccc(N2C(=O)c3ccccc3[C@@H](C=NCCC[NH+]3CCCC3)C2=O)cc1. The van der Waals surface area contributed by atoms with E-state index in [0.29, 0.717) is 30.2 Å². The Morgan fingerprint density at radius 2 is 1.84 bits per heavy atom. The van der Waals surface area contributed by atoms with Crippen molar-refractivity contribution in [2.75, 3.05) is 37.7 Å². The highest BCUT2D eigenvalue weighted by Crippen LogP contribution is 2.32. The van der Waals surface area contributed by atoms with E-state index in [4.69, 9.17) is 4.74 Å². The Kier molecular flexibility index (Phi) is 6.77. The van der Waals surface area contributed by atoms with Crippen LogP contribution in [0.1, 0.15) is 48.0 Å². The first kappa shape index (κ1) is 21.2. The Labute approximate surface area is 183 Å². The highest BCUT2D eigenvalue weighted by Gasteiger charge is 2.38. The summed E-state index contributed by atoms with van der Waals surface area (Å²) < 4.78 is 5.48. The molecule has 1 saturated heterocycles. The van der Waals surface area contributed by atoms with Gasteiger partial charge in [-0.15, -0.1) is 0 Å². The van der Waals surface area contributed by atoms with E-state index in [1.807, 2.05) is 25.1 Å². The minimum absolute atomic E-state index is 0.262. The fourth-order valence-electron chi connectivity index (χ4n) is 4.43. The van der Waals surface area contributed by atoms with Gasteiger partial charge in [-0.25, -0.2) is 4.90 Å². The third kappa shape index (κ3) is 4.69. The van der Waals surface area contributed by atoms with Crippen LogP contribution >= 0.6 is 0 Å². The van der Waals surface area contributed by atoms with Gasteiger partial charge in [0.25, 0.3) is 5.91 Å². The largest absolute Gasteiger partial charge is 0.494 e. The van der Waals surface area contributed by atoms with Crippen molar-refractivity contribution in [1.82, 2.24) is 0 Å². The number of imide groups is 1. The van der Waals surface area contributed by atoms with Gasteiger partial charge < -0.3 is 9.64 Å². The predicted octanol–water partition coefficient (Wildman–Crippen LogP) is 2.50. The van der Waals surface area contributed by atoms with Crippen LogP contribution in [0.5, 0.6) is 5.75 Å². The smallest absolute Gasteiger partial charge is 0.265 e. The number of anilines is 1. The summed E-state index contributed by atoms with van der Waals surface area (Å²) in [6.07, 6.45) is 5.38. The van der Waals surface area contributed by atoms with Crippen molar-refractivity contribution in [1.29, 1.82) is 0 Å². The van der Waals surface area contributed by atoms with Crippen LogP contribution in [-0.2, 0) is 4.79 Å². The van der Waals surface area contributed by atoms with Crippen molar-refractivity contribution < 1.29 is 19.2 Å². The second-order valence-electron chi connectivity index (χ2n) is 8.09. The van der Waals surface area contributed by atoms with Gasteiger partial charge in [0.1, 0.15) is 5.75 Å². The second kappa shape index (κ2) is 9.88. The zero-order chi connectivity index (χ0) is 21.6. The minimum atomic E-state index is -0.556. The molecule has 2 heterocycles. The highest BCUT2D eigenvalue weighted by molar-refractivity contribution is 6.29. The molecule has 0 unspecified atom stereocenters. The monoisotopic (exact) mass is 420 g/mol. The minimum Gasteiger partial charge on any atom is -0.494 e. The lowest BCUT2D eigenvalue weighted by atomic mass is 9.89. The van der Waals surface area contributed by atoms with Gasteiger partial charge >= 0.3 is 0 Å². The molecule has 4 rings (SSSR count).